The lowest BCUT2D eigenvalue weighted by Crippen LogP contribution is -2.44. The molecule has 1 fully saturated rings. The number of aromatic amines is 1. The molecule has 2 aromatic heterocycles. The van der Waals surface area contributed by atoms with Gasteiger partial charge in [-0.2, -0.15) is 0 Å². The minimum atomic E-state index is -0.403. The summed E-state index contributed by atoms with van der Waals surface area (Å²) in [7, 11) is 1.76. The SMILES string of the molecule is CN(C(=O)c1s[nH]c(=O)c1Cl)C1CC(c2cccnc2)C1. The summed E-state index contributed by atoms with van der Waals surface area (Å²) in [6.45, 7) is 0. The molecule has 0 radical (unpaired) electrons. The van der Waals surface area contributed by atoms with E-state index in [2.05, 4.69) is 15.4 Å². The molecule has 0 unspecified atom stereocenters. The zero-order valence-corrected chi connectivity index (χ0v) is 12.9. The van der Waals surface area contributed by atoms with Gasteiger partial charge in [0.2, 0.25) is 0 Å². The number of amides is 1. The van der Waals surface area contributed by atoms with Crippen molar-refractivity contribution in [3.8, 4) is 0 Å². The number of aromatic nitrogens is 2. The van der Waals surface area contributed by atoms with Crippen molar-refractivity contribution in [1.29, 1.82) is 0 Å². The maximum absolute atomic E-state index is 12.3. The molecule has 0 aliphatic heterocycles. The lowest BCUT2D eigenvalue weighted by atomic mass is 9.75. The molecule has 1 aliphatic rings. The molecule has 1 aliphatic carbocycles. The van der Waals surface area contributed by atoms with Gasteiger partial charge in [0.25, 0.3) is 11.5 Å². The van der Waals surface area contributed by atoms with E-state index in [-0.39, 0.29) is 21.8 Å². The summed E-state index contributed by atoms with van der Waals surface area (Å²) in [5.41, 5.74) is 0.805. The van der Waals surface area contributed by atoms with E-state index in [9.17, 15) is 9.59 Å². The van der Waals surface area contributed by atoms with E-state index < -0.39 is 5.56 Å². The Morgan fingerprint density at radius 3 is 2.86 bits per heavy atom. The fraction of sp³-hybridized carbons (Fsp3) is 0.357. The van der Waals surface area contributed by atoms with Crippen LogP contribution in [0, 0.1) is 0 Å². The van der Waals surface area contributed by atoms with Crippen LogP contribution in [0.5, 0.6) is 0 Å². The first-order chi connectivity index (χ1) is 10.1. The summed E-state index contributed by atoms with van der Waals surface area (Å²) < 4.78 is 2.48. The quantitative estimate of drug-likeness (QED) is 0.943. The molecule has 2 aromatic rings. The van der Waals surface area contributed by atoms with Gasteiger partial charge in [0.1, 0.15) is 9.90 Å². The zero-order valence-electron chi connectivity index (χ0n) is 11.4. The van der Waals surface area contributed by atoms with Crippen LogP contribution >= 0.6 is 23.1 Å². The number of carbonyl (C=O) groups is 1. The molecule has 0 spiro atoms. The normalized spacial score (nSPS) is 20.9. The maximum Gasteiger partial charge on any atom is 0.277 e. The molecule has 0 aromatic carbocycles. The first-order valence-electron chi connectivity index (χ1n) is 6.62. The summed E-state index contributed by atoms with van der Waals surface area (Å²) in [4.78, 5) is 29.7. The van der Waals surface area contributed by atoms with Crippen LogP contribution in [-0.4, -0.2) is 33.3 Å². The molecule has 5 nitrogen and oxygen atoms in total. The smallest absolute Gasteiger partial charge is 0.277 e. The predicted molar refractivity (Wildman–Crippen MR) is 82.0 cm³/mol. The van der Waals surface area contributed by atoms with Gasteiger partial charge < -0.3 is 4.90 Å². The second kappa shape index (κ2) is 5.61. The molecule has 0 bridgehead atoms. The van der Waals surface area contributed by atoms with Gasteiger partial charge in [0.15, 0.2) is 0 Å². The van der Waals surface area contributed by atoms with Gasteiger partial charge in [-0.3, -0.25) is 18.9 Å². The van der Waals surface area contributed by atoms with Gasteiger partial charge >= 0.3 is 0 Å². The summed E-state index contributed by atoms with van der Waals surface area (Å²) in [5, 5.41) is -0.0139. The van der Waals surface area contributed by atoms with Crippen LogP contribution in [0.1, 0.15) is 34.0 Å². The Morgan fingerprint density at radius 1 is 1.52 bits per heavy atom. The second-order valence-electron chi connectivity index (χ2n) is 5.20. The van der Waals surface area contributed by atoms with Crippen LogP contribution in [0.25, 0.3) is 0 Å². The van der Waals surface area contributed by atoms with Gasteiger partial charge in [-0.05, 0) is 30.4 Å². The Morgan fingerprint density at radius 2 is 2.29 bits per heavy atom. The van der Waals surface area contributed by atoms with Crippen molar-refractivity contribution in [2.45, 2.75) is 24.8 Å². The number of nitrogens with zero attached hydrogens (tertiary/aromatic N) is 2. The van der Waals surface area contributed by atoms with E-state index in [1.165, 1.54) is 5.56 Å². The third kappa shape index (κ3) is 2.61. The van der Waals surface area contributed by atoms with Gasteiger partial charge in [0.05, 0.1) is 0 Å². The third-order valence-corrected chi connectivity index (χ3v) is 5.32. The van der Waals surface area contributed by atoms with Gasteiger partial charge in [-0.15, -0.1) is 0 Å². The molecular formula is C14H14ClN3O2S. The molecule has 1 amide bonds. The number of carbonyl (C=O) groups excluding carboxylic acids is 1. The van der Waals surface area contributed by atoms with Gasteiger partial charge in [0, 0.05) is 25.5 Å². The molecule has 110 valence electrons. The molecule has 7 heteroatoms. The number of hydrogen-bond acceptors (Lipinski definition) is 4. The standard InChI is InChI=1S/C14H14ClN3O2S/c1-18(14(20)12-11(15)13(19)17-21-12)10-5-9(6-10)8-3-2-4-16-7-8/h2-4,7,9-10H,5-6H2,1H3,(H,17,19). The van der Waals surface area contributed by atoms with Crippen molar-refractivity contribution in [3.63, 3.8) is 0 Å². The number of rotatable bonds is 3. The van der Waals surface area contributed by atoms with Gasteiger partial charge in [-0.25, -0.2) is 0 Å². The maximum atomic E-state index is 12.3. The van der Waals surface area contributed by atoms with Gasteiger partial charge in [-0.1, -0.05) is 29.2 Å². The highest BCUT2D eigenvalue weighted by Crippen LogP contribution is 2.39. The van der Waals surface area contributed by atoms with Crippen LogP contribution in [0.2, 0.25) is 5.02 Å². The van der Waals surface area contributed by atoms with E-state index in [1.54, 1.807) is 18.1 Å². The van der Waals surface area contributed by atoms with E-state index in [1.807, 2.05) is 12.3 Å². The molecule has 0 atom stereocenters. The Labute approximate surface area is 130 Å². The number of H-pyrrole nitrogens is 1. The summed E-state index contributed by atoms with van der Waals surface area (Å²) in [6.07, 6.45) is 5.44. The lowest BCUT2D eigenvalue weighted by Gasteiger charge is -2.41. The van der Waals surface area contributed by atoms with E-state index in [0.29, 0.717) is 5.92 Å². The van der Waals surface area contributed by atoms with Crippen LogP contribution in [0.15, 0.2) is 29.3 Å². The van der Waals surface area contributed by atoms with Crippen molar-refractivity contribution >= 4 is 29.0 Å². The number of nitrogens with one attached hydrogen (secondary N) is 1. The number of pyridine rings is 1. The lowest BCUT2D eigenvalue weighted by molar-refractivity contribution is 0.0625. The Hall–Kier alpha value is -1.66. The van der Waals surface area contributed by atoms with Crippen LogP contribution in [0.4, 0.5) is 0 Å². The third-order valence-electron chi connectivity index (χ3n) is 3.98. The minimum absolute atomic E-state index is 0.0139. The highest BCUT2D eigenvalue weighted by atomic mass is 35.5. The van der Waals surface area contributed by atoms with Crippen molar-refractivity contribution in [3.05, 3.63) is 50.3 Å². The first-order valence-corrected chi connectivity index (χ1v) is 7.81. The monoisotopic (exact) mass is 323 g/mol. The summed E-state index contributed by atoms with van der Waals surface area (Å²) in [5.74, 6) is 0.248. The van der Waals surface area contributed by atoms with Crippen molar-refractivity contribution in [2.24, 2.45) is 0 Å². The average molecular weight is 324 g/mol. The van der Waals surface area contributed by atoms with Crippen LogP contribution in [-0.2, 0) is 0 Å². The van der Waals surface area contributed by atoms with E-state index >= 15 is 0 Å². The Balaban J connectivity index is 1.66. The molecule has 3 rings (SSSR count). The van der Waals surface area contributed by atoms with E-state index in [0.717, 1.165) is 24.4 Å². The van der Waals surface area contributed by atoms with Crippen molar-refractivity contribution in [2.75, 3.05) is 7.05 Å². The predicted octanol–water partition coefficient (Wildman–Crippen LogP) is 2.50. The largest absolute Gasteiger partial charge is 0.338 e. The summed E-state index contributed by atoms with van der Waals surface area (Å²) in [6, 6.07) is 4.16. The van der Waals surface area contributed by atoms with E-state index in [4.69, 9.17) is 11.6 Å². The topological polar surface area (TPSA) is 66.1 Å². The molecule has 0 saturated heterocycles. The first kappa shape index (κ1) is 14.3. The fourth-order valence-corrected chi connectivity index (χ4v) is 3.56. The molecule has 1 N–H and O–H groups in total. The van der Waals surface area contributed by atoms with Crippen LogP contribution in [0.3, 0.4) is 0 Å². The zero-order chi connectivity index (χ0) is 15.0. The number of halogens is 1. The highest BCUT2D eigenvalue weighted by Gasteiger charge is 2.36. The molecule has 2 heterocycles. The van der Waals surface area contributed by atoms with Crippen LogP contribution < -0.4 is 5.56 Å². The van der Waals surface area contributed by atoms with Crippen molar-refractivity contribution < 1.29 is 4.79 Å². The Kier molecular flexibility index (Phi) is 3.82. The fourth-order valence-electron chi connectivity index (χ4n) is 2.55. The number of hydrogen-bond donors (Lipinski definition) is 1. The molecule has 1 saturated carbocycles. The second-order valence-corrected chi connectivity index (χ2v) is 6.40. The average Bonchev–Trinajstić information content (AvgIpc) is 2.78. The Bertz CT molecular complexity index is 707. The molecule has 21 heavy (non-hydrogen) atoms. The van der Waals surface area contributed by atoms with Crippen molar-refractivity contribution in [1.82, 2.24) is 14.3 Å². The summed E-state index contributed by atoms with van der Waals surface area (Å²) >= 11 is 6.84. The molecular weight excluding hydrogens is 310 g/mol. The highest BCUT2D eigenvalue weighted by molar-refractivity contribution is 7.08. The minimum Gasteiger partial charge on any atom is -0.338 e.